The van der Waals surface area contributed by atoms with Crippen LogP contribution in [0.5, 0.6) is 5.75 Å². The molecule has 1 fully saturated rings. The second-order valence-electron chi connectivity index (χ2n) is 6.34. The van der Waals surface area contributed by atoms with Crippen molar-refractivity contribution in [1.29, 1.82) is 0 Å². The Hall–Kier alpha value is -0.820. The number of unbranched alkanes of at least 4 members (excludes halogenated alkanes) is 1. The summed E-state index contributed by atoms with van der Waals surface area (Å²) in [6.45, 7) is 5.66. The van der Waals surface area contributed by atoms with Gasteiger partial charge in [0.1, 0.15) is 5.75 Å². The molecular weight excluding hydrogens is 403 g/mol. The molecule has 23 heavy (non-hydrogen) atoms. The number of halogens is 1. The number of piperidine rings is 1. The highest BCUT2D eigenvalue weighted by Gasteiger charge is 2.23. The molecular formula is C18H27IN2O2. The molecule has 0 atom stereocenters. The van der Waals surface area contributed by atoms with Crippen LogP contribution in [-0.2, 0) is 0 Å². The topological polar surface area (TPSA) is 55.6 Å². The van der Waals surface area contributed by atoms with E-state index >= 15 is 0 Å². The number of carbonyl (C=O) groups excluding carboxylic acids is 1. The average molecular weight is 430 g/mol. The summed E-state index contributed by atoms with van der Waals surface area (Å²) in [6, 6.07) is 3.61. The minimum atomic E-state index is 0.173. The van der Waals surface area contributed by atoms with E-state index < -0.39 is 0 Å². The Morgan fingerprint density at radius 3 is 2.70 bits per heavy atom. The molecule has 1 aliphatic heterocycles. The van der Waals surface area contributed by atoms with Crippen molar-refractivity contribution < 1.29 is 9.53 Å². The fourth-order valence-corrected chi connectivity index (χ4v) is 3.59. The Kier molecular flexibility index (Phi) is 7.14. The predicted molar refractivity (Wildman–Crippen MR) is 103 cm³/mol. The number of hydrogen-bond acceptors (Lipinski definition) is 4. The molecule has 1 saturated heterocycles. The fraction of sp³-hybridized carbons (Fsp3) is 0.611. The number of likely N-dealkylation sites (tertiary alicyclic amines) is 1. The van der Waals surface area contributed by atoms with Gasteiger partial charge in [-0.05, 0) is 73.5 Å². The monoisotopic (exact) mass is 430 g/mol. The average Bonchev–Trinajstić information content (AvgIpc) is 2.56. The Balaban J connectivity index is 1.94. The van der Waals surface area contributed by atoms with Crippen LogP contribution in [0.3, 0.4) is 0 Å². The van der Waals surface area contributed by atoms with E-state index in [0.29, 0.717) is 29.3 Å². The van der Waals surface area contributed by atoms with E-state index in [1.54, 1.807) is 13.2 Å². The van der Waals surface area contributed by atoms with Crippen molar-refractivity contribution in [2.45, 2.75) is 39.0 Å². The highest BCUT2D eigenvalue weighted by atomic mass is 127. The summed E-state index contributed by atoms with van der Waals surface area (Å²) in [7, 11) is 1.59. The molecule has 2 rings (SSSR count). The third-order valence-corrected chi connectivity index (χ3v) is 5.56. The van der Waals surface area contributed by atoms with E-state index in [4.69, 9.17) is 10.5 Å². The first-order chi connectivity index (χ1) is 11.0. The molecule has 1 aromatic carbocycles. The zero-order chi connectivity index (χ0) is 16.8. The molecule has 0 amide bonds. The molecule has 0 aliphatic carbocycles. The highest BCUT2D eigenvalue weighted by molar-refractivity contribution is 14.1. The summed E-state index contributed by atoms with van der Waals surface area (Å²) < 4.78 is 6.24. The number of methoxy groups -OCH3 is 1. The number of benzene rings is 1. The van der Waals surface area contributed by atoms with Crippen LogP contribution in [0.2, 0.25) is 0 Å². The number of nitrogens with zero attached hydrogens (tertiary/aromatic N) is 1. The largest absolute Gasteiger partial charge is 0.496 e. The van der Waals surface area contributed by atoms with Gasteiger partial charge in [0, 0.05) is 21.7 Å². The van der Waals surface area contributed by atoms with Crippen molar-refractivity contribution >= 4 is 34.1 Å². The maximum absolute atomic E-state index is 12.7. The summed E-state index contributed by atoms with van der Waals surface area (Å²) in [4.78, 5) is 15.2. The lowest BCUT2D eigenvalue weighted by Gasteiger charge is -2.31. The van der Waals surface area contributed by atoms with Gasteiger partial charge in [-0.3, -0.25) is 4.79 Å². The standard InChI is InChI=1S/C18H27IN2O2/c1-3-4-7-21-8-5-13(6-9-21)10-17(22)14-11-15(19)16(20)12-18(14)23-2/h11-13H,3-10,20H2,1-2H3. The molecule has 0 unspecified atom stereocenters. The van der Waals surface area contributed by atoms with E-state index in [1.165, 1.54) is 19.4 Å². The molecule has 4 nitrogen and oxygen atoms in total. The van der Waals surface area contributed by atoms with Gasteiger partial charge in [0.05, 0.1) is 12.7 Å². The van der Waals surface area contributed by atoms with E-state index in [9.17, 15) is 4.79 Å². The van der Waals surface area contributed by atoms with Crippen molar-refractivity contribution in [3.05, 3.63) is 21.3 Å². The third kappa shape index (κ3) is 5.08. The van der Waals surface area contributed by atoms with Gasteiger partial charge in [0.25, 0.3) is 0 Å². The van der Waals surface area contributed by atoms with Gasteiger partial charge in [-0.25, -0.2) is 0 Å². The molecule has 1 aliphatic rings. The van der Waals surface area contributed by atoms with Gasteiger partial charge in [-0.1, -0.05) is 13.3 Å². The Bertz CT molecular complexity index is 540. The zero-order valence-corrected chi connectivity index (χ0v) is 16.3. The van der Waals surface area contributed by atoms with Gasteiger partial charge in [-0.15, -0.1) is 0 Å². The normalized spacial score (nSPS) is 16.5. The van der Waals surface area contributed by atoms with E-state index in [2.05, 4.69) is 34.4 Å². The van der Waals surface area contributed by atoms with Gasteiger partial charge < -0.3 is 15.4 Å². The van der Waals surface area contributed by atoms with Crippen LogP contribution in [0, 0.1) is 9.49 Å². The number of carbonyl (C=O) groups is 1. The van der Waals surface area contributed by atoms with Crippen molar-refractivity contribution in [3.63, 3.8) is 0 Å². The lowest BCUT2D eigenvalue weighted by Crippen LogP contribution is -2.35. The van der Waals surface area contributed by atoms with Crippen LogP contribution >= 0.6 is 22.6 Å². The second-order valence-corrected chi connectivity index (χ2v) is 7.50. The maximum atomic E-state index is 12.7. The van der Waals surface area contributed by atoms with E-state index in [1.807, 2.05) is 6.07 Å². The van der Waals surface area contributed by atoms with Gasteiger partial charge in [0.2, 0.25) is 0 Å². The van der Waals surface area contributed by atoms with Gasteiger partial charge in [-0.2, -0.15) is 0 Å². The molecule has 0 aromatic heterocycles. The van der Waals surface area contributed by atoms with Crippen molar-refractivity contribution in [1.82, 2.24) is 4.90 Å². The Labute approximate surface area is 152 Å². The number of nitrogens with two attached hydrogens (primary N) is 1. The Morgan fingerprint density at radius 2 is 2.09 bits per heavy atom. The van der Waals surface area contributed by atoms with Gasteiger partial charge in [0.15, 0.2) is 5.78 Å². The predicted octanol–water partition coefficient (Wildman–Crippen LogP) is 3.97. The summed E-state index contributed by atoms with van der Waals surface area (Å²) in [6.07, 6.45) is 5.35. The molecule has 5 heteroatoms. The summed E-state index contributed by atoms with van der Waals surface area (Å²) >= 11 is 2.16. The number of rotatable bonds is 7. The molecule has 0 saturated carbocycles. The fourth-order valence-electron chi connectivity index (χ4n) is 3.12. The zero-order valence-electron chi connectivity index (χ0n) is 14.1. The summed E-state index contributed by atoms with van der Waals surface area (Å²) in [5, 5.41) is 0. The number of ketones is 1. The van der Waals surface area contributed by atoms with Crippen LogP contribution in [0.4, 0.5) is 5.69 Å². The molecule has 2 N–H and O–H groups in total. The van der Waals surface area contributed by atoms with Crippen LogP contribution in [0.1, 0.15) is 49.4 Å². The molecule has 1 aromatic rings. The lowest BCUT2D eigenvalue weighted by atomic mass is 9.89. The molecule has 1 heterocycles. The quantitative estimate of drug-likeness (QED) is 0.404. The molecule has 128 valence electrons. The van der Waals surface area contributed by atoms with Crippen LogP contribution < -0.4 is 10.5 Å². The Morgan fingerprint density at radius 1 is 1.39 bits per heavy atom. The molecule has 0 spiro atoms. The first-order valence-electron chi connectivity index (χ1n) is 8.43. The van der Waals surface area contributed by atoms with Crippen LogP contribution in [-0.4, -0.2) is 37.4 Å². The minimum Gasteiger partial charge on any atom is -0.496 e. The summed E-state index contributed by atoms with van der Waals surface area (Å²) in [5.41, 5.74) is 7.22. The first-order valence-corrected chi connectivity index (χ1v) is 9.51. The van der Waals surface area contributed by atoms with Crippen molar-refractivity contribution in [3.8, 4) is 5.75 Å². The first kappa shape index (κ1) is 18.5. The maximum Gasteiger partial charge on any atom is 0.166 e. The number of Topliss-reactive ketones (excluding diaryl/α,β-unsaturated/α-hetero) is 1. The minimum absolute atomic E-state index is 0.173. The molecule has 0 bridgehead atoms. The number of anilines is 1. The van der Waals surface area contributed by atoms with Gasteiger partial charge >= 0.3 is 0 Å². The SMILES string of the molecule is CCCCN1CCC(CC(=O)c2cc(I)c(N)cc2OC)CC1. The van der Waals surface area contributed by atoms with Crippen molar-refractivity contribution in [2.75, 3.05) is 32.5 Å². The van der Waals surface area contributed by atoms with Crippen molar-refractivity contribution in [2.24, 2.45) is 5.92 Å². The second kappa shape index (κ2) is 8.87. The smallest absolute Gasteiger partial charge is 0.166 e. The summed E-state index contributed by atoms with van der Waals surface area (Å²) in [5.74, 6) is 1.25. The third-order valence-electron chi connectivity index (χ3n) is 4.63. The highest BCUT2D eigenvalue weighted by Crippen LogP contribution is 2.30. The van der Waals surface area contributed by atoms with E-state index in [-0.39, 0.29) is 5.78 Å². The van der Waals surface area contributed by atoms with E-state index in [0.717, 1.165) is 29.5 Å². The lowest BCUT2D eigenvalue weighted by molar-refractivity contribution is 0.0924. The molecule has 0 radical (unpaired) electrons. The number of ether oxygens (including phenoxy) is 1. The van der Waals surface area contributed by atoms with Crippen LogP contribution in [0.25, 0.3) is 0 Å². The van der Waals surface area contributed by atoms with Crippen LogP contribution in [0.15, 0.2) is 12.1 Å². The number of hydrogen-bond donors (Lipinski definition) is 1. The number of nitrogen functional groups attached to an aromatic ring is 1.